The Morgan fingerprint density at radius 1 is 1.28 bits per heavy atom. The predicted octanol–water partition coefficient (Wildman–Crippen LogP) is 2.95. The fourth-order valence-electron chi connectivity index (χ4n) is 1.90. The second kappa shape index (κ2) is 5.04. The minimum Gasteiger partial charge on any atom is -0.497 e. The van der Waals surface area contributed by atoms with Gasteiger partial charge in [0.15, 0.2) is 6.29 Å². The van der Waals surface area contributed by atoms with Crippen LogP contribution in [0, 0.1) is 0 Å². The topological polar surface area (TPSA) is 44.1 Å². The van der Waals surface area contributed by atoms with Gasteiger partial charge in [0.1, 0.15) is 5.75 Å². The molecule has 0 saturated heterocycles. The van der Waals surface area contributed by atoms with Gasteiger partial charge in [0.25, 0.3) is 0 Å². The van der Waals surface area contributed by atoms with Crippen molar-refractivity contribution in [2.45, 2.75) is 19.9 Å². The van der Waals surface area contributed by atoms with E-state index in [4.69, 9.17) is 4.74 Å². The van der Waals surface area contributed by atoms with Crippen LogP contribution in [0.15, 0.2) is 30.5 Å². The molecular formula is C14H16N2O2. The molecule has 0 bridgehead atoms. The third kappa shape index (κ3) is 2.14. The van der Waals surface area contributed by atoms with Gasteiger partial charge >= 0.3 is 0 Å². The first-order chi connectivity index (χ1) is 8.67. The van der Waals surface area contributed by atoms with Gasteiger partial charge in [-0.05, 0) is 38.1 Å². The van der Waals surface area contributed by atoms with Crippen LogP contribution in [0.1, 0.15) is 30.2 Å². The van der Waals surface area contributed by atoms with Gasteiger partial charge in [0, 0.05) is 11.6 Å². The fourth-order valence-corrected chi connectivity index (χ4v) is 1.90. The van der Waals surface area contributed by atoms with Crippen LogP contribution in [0.3, 0.4) is 0 Å². The summed E-state index contributed by atoms with van der Waals surface area (Å²) in [6.07, 6.45) is 2.44. The number of benzene rings is 1. The molecule has 0 saturated carbocycles. The van der Waals surface area contributed by atoms with E-state index in [0.717, 1.165) is 23.3 Å². The van der Waals surface area contributed by atoms with E-state index in [-0.39, 0.29) is 6.04 Å². The van der Waals surface area contributed by atoms with Crippen molar-refractivity contribution in [3.05, 3.63) is 36.0 Å². The second-order valence-electron chi connectivity index (χ2n) is 4.33. The molecule has 0 aliphatic rings. The number of rotatable bonds is 4. The van der Waals surface area contributed by atoms with Crippen molar-refractivity contribution in [3.63, 3.8) is 0 Å². The van der Waals surface area contributed by atoms with Crippen LogP contribution in [0.2, 0.25) is 0 Å². The number of carbonyl (C=O) groups is 1. The zero-order valence-electron chi connectivity index (χ0n) is 10.8. The maximum Gasteiger partial charge on any atom is 0.153 e. The molecule has 0 unspecified atom stereocenters. The van der Waals surface area contributed by atoms with E-state index >= 15 is 0 Å². The van der Waals surface area contributed by atoms with Gasteiger partial charge in [0.2, 0.25) is 0 Å². The van der Waals surface area contributed by atoms with Crippen LogP contribution < -0.4 is 4.74 Å². The van der Waals surface area contributed by atoms with Gasteiger partial charge in [-0.15, -0.1) is 0 Å². The van der Waals surface area contributed by atoms with Crippen LogP contribution in [0.5, 0.6) is 5.75 Å². The van der Waals surface area contributed by atoms with Crippen molar-refractivity contribution in [1.29, 1.82) is 0 Å². The highest BCUT2D eigenvalue weighted by molar-refractivity contribution is 5.85. The largest absolute Gasteiger partial charge is 0.497 e. The van der Waals surface area contributed by atoms with Crippen LogP contribution in [-0.4, -0.2) is 23.2 Å². The Bertz CT molecular complexity index is 541. The third-order valence-electron chi connectivity index (χ3n) is 2.80. The number of hydrogen-bond acceptors (Lipinski definition) is 3. The lowest BCUT2D eigenvalue weighted by Gasteiger charge is -2.12. The predicted molar refractivity (Wildman–Crippen MR) is 70.0 cm³/mol. The van der Waals surface area contributed by atoms with Crippen LogP contribution in [0.25, 0.3) is 11.3 Å². The molecule has 1 heterocycles. The summed E-state index contributed by atoms with van der Waals surface area (Å²) < 4.78 is 6.98. The summed E-state index contributed by atoms with van der Waals surface area (Å²) >= 11 is 0. The smallest absolute Gasteiger partial charge is 0.153 e. The third-order valence-corrected chi connectivity index (χ3v) is 2.80. The molecule has 0 fully saturated rings. The zero-order chi connectivity index (χ0) is 13.1. The molecule has 18 heavy (non-hydrogen) atoms. The van der Waals surface area contributed by atoms with E-state index < -0.39 is 0 Å². The van der Waals surface area contributed by atoms with Crippen LogP contribution in [-0.2, 0) is 0 Å². The van der Waals surface area contributed by atoms with Gasteiger partial charge in [-0.2, -0.15) is 5.10 Å². The lowest BCUT2D eigenvalue weighted by atomic mass is 10.1. The average molecular weight is 244 g/mol. The summed E-state index contributed by atoms with van der Waals surface area (Å²) in [5.74, 6) is 0.794. The Morgan fingerprint density at radius 3 is 2.44 bits per heavy atom. The Morgan fingerprint density at radius 2 is 1.94 bits per heavy atom. The molecule has 2 aromatic rings. The summed E-state index contributed by atoms with van der Waals surface area (Å²) in [6.45, 7) is 4.07. The number of hydrogen-bond donors (Lipinski definition) is 0. The highest BCUT2D eigenvalue weighted by Gasteiger charge is 2.14. The maximum absolute atomic E-state index is 11.1. The molecule has 0 radical (unpaired) electrons. The number of aromatic nitrogens is 2. The molecule has 0 spiro atoms. The van der Waals surface area contributed by atoms with E-state index in [1.165, 1.54) is 0 Å². The van der Waals surface area contributed by atoms with E-state index in [1.54, 1.807) is 13.3 Å². The molecule has 4 nitrogen and oxygen atoms in total. The molecule has 1 aromatic heterocycles. The van der Waals surface area contributed by atoms with Crippen LogP contribution in [0.4, 0.5) is 0 Å². The van der Waals surface area contributed by atoms with Gasteiger partial charge in [-0.1, -0.05) is 0 Å². The van der Waals surface area contributed by atoms with Gasteiger partial charge in [-0.3, -0.25) is 9.48 Å². The molecule has 2 rings (SSSR count). The van der Waals surface area contributed by atoms with E-state index in [9.17, 15) is 4.79 Å². The molecule has 0 amide bonds. The Labute approximate surface area is 106 Å². The quantitative estimate of drug-likeness (QED) is 0.777. The molecular weight excluding hydrogens is 228 g/mol. The lowest BCUT2D eigenvalue weighted by molar-refractivity contribution is 0.112. The summed E-state index contributed by atoms with van der Waals surface area (Å²) in [4.78, 5) is 11.1. The number of aldehydes is 1. The molecule has 0 N–H and O–H groups in total. The van der Waals surface area contributed by atoms with Gasteiger partial charge in [0.05, 0.1) is 24.6 Å². The highest BCUT2D eigenvalue weighted by Crippen LogP contribution is 2.27. The Balaban J connectivity index is 2.53. The molecule has 94 valence electrons. The number of nitrogens with zero attached hydrogens (tertiary/aromatic N) is 2. The van der Waals surface area contributed by atoms with Gasteiger partial charge < -0.3 is 4.74 Å². The molecule has 4 heteroatoms. The standard InChI is InChI=1S/C14H16N2O2/c1-10(2)16-14(12(9-17)8-15-16)11-4-6-13(18-3)7-5-11/h4-10H,1-3H3. The summed E-state index contributed by atoms with van der Waals surface area (Å²) in [6, 6.07) is 7.82. The Kier molecular flexibility index (Phi) is 3.46. The monoisotopic (exact) mass is 244 g/mol. The van der Waals surface area contributed by atoms with Gasteiger partial charge in [-0.25, -0.2) is 0 Å². The first kappa shape index (κ1) is 12.4. The SMILES string of the molecule is COc1ccc(-c2c(C=O)cnn2C(C)C)cc1. The van der Waals surface area contributed by atoms with Crippen molar-refractivity contribution in [2.24, 2.45) is 0 Å². The number of carbonyl (C=O) groups excluding carboxylic acids is 1. The summed E-state index contributed by atoms with van der Waals surface area (Å²) in [7, 11) is 1.63. The summed E-state index contributed by atoms with van der Waals surface area (Å²) in [5.41, 5.74) is 2.42. The lowest BCUT2D eigenvalue weighted by Crippen LogP contribution is -2.05. The maximum atomic E-state index is 11.1. The average Bonchev–Trinajstić information content (AvgIpc) is 2.82. The van der Waals surface area contributed by atoms with Crippen molar-refractivity contribution in [1.82, 2.24) is 9.78 Å². The minimum absolute atomic E-state index is 0.204. The van der Waals surface area contributed by atoms with Crippen molar-refractivity contribution >= 4 is 6.29 Å². The number of methoxy groups -OCH3 is 1. The Hall–Kier alpha value is -2.10. The van der Waals surface area contributed by atoms with E-state index in [2.05, 4.69) is 5.10 Å². The second-order valence-corrected chi connectivity index (χ2v) is 4.33. The first-order valence-electron chi connectivity index (χ1n) is 5.84. The molecule has 0 atom stereocenters. The minimum atomic E-state index is 0.204. The summed E-state index contributed by atoms with van der Waals surface area (Å²) in [5, 5.41) is 4.26. The highest BCUT2D eigenvalue weighted by atomic mass is 16.5. The number of ether oxygens (including phenoxy) is 1. The zero-order valence-corrected chi connectivity index (χ0v) is 10.8. The van der Waals surface area contributed by atoms with E-state index in [1.807, 2.05) is 42.8 Å². The van der Waals surface area contributed by atoms with Crippen molar-refractivity contribution in [3.8, 4) is 17.0 Å². The molecule has 0 aliphatic carbocycles. The van der Waals surface area contributed by atoms with Crippen molar-refractivity contribution < 1.29 is 9.53 Å². The normalized spacial score (nSPS) is 10.7. The van der Waals surface area contributed by atoms with E-state index in [0.29, 0.717) is 5.56 Å². The molecule has 1 aromatic carbocycles. The van der Waals surface area contributed by atoms with Crippen molar-refractivity contribution in [2.75, 3.05) is 7.11 Å². The first-order valence-corrected chi connectivity index (χ1v) is 5.84. The molecule has 0 aliphatic heterocycles. The fraction of sp³-hybridized carbons (Fsp3) is 0.286. The van der Waals surface area contributed by atoms with Crippen LogP contribution >= 0.6 is 0 Å².